The van der Waals surface area contributed by atoms with Gasteiger partial charge in [0.1, 0.15) is 11.4 Å². The minimum absolute atomic E-state index is 0.214. The van der Waals surface area contributed by atoms with Crippen molar-refractivity contribution in [2.45, 2.75) is 50.5 Å². The third kappa shape index (κ3) is 4.34. The molecule has 2 saturated heterocycles. The Balaban J connectivity index is 1.43. The number of morpholine rings is 1. The summed E-state index contributed by atoms with van der Waals surface area (Å²) in [7, 11) is 0. The molecule has 0 aromatic heterocycles. The van der Waals surface area contributed by atoms with Crippen molar-refractivity contribution in [3.63, 3.8) is 0 Å². The van der Waals surface area contributed by atoms with Gasteiger partial charge in [0.05, 0.1) is 13.2 Å². The van der Waals surface area contributed by atoms with Gasteiger partial charge in [0, 0.05) is 31.7 Å². The summed E-state index contributed by atoms with van der Waals surface area (Å²) in [6.45, 7) is 3.51. The summed E-state index contributed by atoms with van der Waals surface area (Å²) in [4.78, 5) is 17.0. The largest absolute Gasteiger partial charge is 0.369 e. The van der Waals surface area contributed by atoms with Gasteiger partial charge in [0.2, 0.25) is 5.91 Å². The highest BCUT2D eigenvalue weighted by Gasteiger charge is 2.41. The molecule has 5 heteroatoms. The first-order valence-corrected chi connectivity index (χ1v) is 10.2. The second-order valence-corrected chi connectivity index (χ2v) is 8.14. The lowest BCUT2D eigenvalue weighted by molar-refractivity contribution is -0.151. The van der Waals surface area contributed by atoms with Crippen molar-refractivity contribution >= 4 is 11.6 Å². The Morgan fingerprint density at radius 2 is 2.11 bits per heavy atom. The molecular formula is C22H29FN2O2. The Labute approximate surface area is 161 Å². The van der Waals surface area contributed by atoms with Crippen LogP contribution in [-0.2, 0) is 9.53 Å². The molecule has 1 atom stereocenters. The Morgan fingerprint density at radius 1 is 1.19 bits per heavy atom. The molecule has 1 aromatic carbocycles. The van der Waals surface area contributed by atoms with Gasteiger partial charge in [0.25, 0.3) is 0 Å². The van der Waals surface area contributed by atoms with E-state index in [0.717, 1.165) is 37.9 Å². The molecular weight excluding hydrogens is 343 g/mol. The third-order valence-corrected chi connectivity index (χ3v) is 6.08. The average molecular weight is 372 g/mol. The van der Waals surface area contributed by atoms with E-state index in [0.29, 0.717) is 32.7 Å². The highest BCUT2D eigenvalue weighted by Crippen LogP contribution is 2.32. The first-order chi connectivity index (χ1) is 13.1. The van der Waals surface area contributed by atoms with E-state index >= 15 is 0 Å². The van der Waals surface area contributed by atoms with E-state index in [1.807, 2.05) is 11.0 Å². The quantitative estimate of drug-likeness (QED) is 0.754. The Kier molecular flexibility index (Phi) is 5.48. The van der Waals surface area contributed by atoms with Crippen molar-refractivity contribution in [3.05, 3.63) is 41.7 Å². The Bertz CT molecular complexity index is 716. The van der Waals surface area contributed by atoms with E-state index < -0.39 is 0 Å². The van der Waals surface area contributed by atoms with Gasteiger partial charge in [-0.3, -0.25) is 4.79 Å². The van der Waals surface area contributed by atoms with Gasteiger partial charge in [-0.25, -0.2) is 4.39 Å². The monoisotopic (exact) mass is 372 g/mol. The van der Waals surface area contributed by atoms with Crippen molar-refractivity contribution in [2.24, 2.45) is 0 Å². The smallest absolute Gasteiger partial charge is 0.226 e. The summed E-state index contributed by atoms with van der Waals surface area (Å²) in [5, 5.41) is 0. The number of amides is 1. The summed E-state index contributed by atoms with van der Waals surface area (Å²) in [6.07, 6.45) is 9.37. The maximum Gasteiger partial charge on any atom is 0.226 e. The Hall–Kier alpha value is -1.88. The van der Waals surface area contributed by atoms with Gasteiger partial charge in [0.15, 0.2) is 0 Å². The molecule has 0 saturated carbocycles. The van der Waals surface area contributed by atoms with E-state index in [9.17, 15) is 9.18 Å². The number of hydrogen-bond donors (Lipinski definition) is 0. The number of allylic oxidation sites excluding steroid dienone is 1. The van der Waals surface area contributed by atoms with Gasteiger partial charge in [-0.05, 0) is 56.7 Å². The van der Waals surface area contributed by atoms with Crippen LogP contribution in [0.2, 0.25) is 0 Å². The molecule has 146 valence electrons. The van der Waals surface area contributed by atoms with Gasteiger partial charge in [-0.2, -0.15) is 0 Å². The molecule has 2 heterocycles. The van der Waals surface area contributed by atoms with E-state index in [1.54, 1.807) is 12.1 Å². The van der Waals surface area contributed by atoms with E-state index in [2.05, 4.69) is 11.0 Å². The van der Waals surface area contributed by atoms with Crippen LogP contribution in [0.5, 0.6) is 0 Å². The predicted molar refractivity (Wildman–Crippen MR) is 104 cm³/mol. The second kappa shape index (κ2) is 8.01. The summed E-state index contributed by atoms with van der Waals surface area (Å²) in [5.41, 5.74) is 1.87. The maximum absolute atomic E-state index is 13.6. The summed E-state index contributed by atoms with van der Waals surface area (Å²) in [5.74, 6) is 0.0166. The van der Waals surface area contributed by atoms with Crippen LogP contribution in [0, 0.1) is 5.82 Å². The number of piperidine rings is 1. The molecule has 3 aliphatic rings. The van der Waals surface area contributed by atoms with Crippen molar-refractivity contribution in [1.29, 1.82) is 0 Å². The predicted octanol–water partition coefficient (Wildman–Crippen LogP) is 3.91. The van der Waals surface area contributed by atoms with Crippen LogP contribution >= 0.6 is 0 Å². The van der Waals surface area contributed by atoms with Crippen molar-refractivity contribution < 1.29 is 13.9 Å². The molecule has 27 heavy (non-hydrogen) atoms. The summed E-state index contributed by atoms with van der Waals surface area (Å²) < 4.78 is 19.8. The topological polar surface area (TPSA) is 32.8 Å². The zero-order valence-corrected chi connectivity index (χ0v) is 16.0. The number of rotatable bonds is 3. The molecule has 4 nitrogen and oxygen atoms in total. The summed E-state index contributed by atoms with van der Waals surface area (Å²) in [6, 6.07) is 6.76. The molecule has 0 radical (unpaired) electrons. The number of carbonyl (C=O) groups is 1. The SMILES string of the molecule is O=C(CC1=CCCCC1)N1CCOC2(CCCN(c3cccc(F)c3)C2)C1. The minimum Gasteiger partial charge on any atom is -0.369 e. The fourth-order valence-electron chi connectivity index (χ4n) is 4.67. The van der Waals surface area contributed by atoms with Crippen LogP contribution in [0.4, 0.5) is 10.1 Å². The van der Waals surface area contributed by atoms with Crippen LogP contribution in [-0.4, -0.2) is 49.2 Å². The van der Waals surface area contributed by atoms with E-state index in [1.165, 1.54) is 24.5 Å². The number of benzene rings is 1. The standard InChI is InChI=1S/C22H29FN2O2/c23-19-8-4-9-20(15-19)24-11-5-10-22(16-24)17-25(12-13-27-22)21(26)14-18-6-2-1-3-7-18/h4,6,8-9,15H,1-3,5,7,10-14,16-17H2. The first kappa shape index (κ1) is 18.5. The van der Waals surface area contributed by atoms with Crippen molar-refractivity contribution in [3.8, 4) is 0 Å². The zero-order chi connectivity index (χ0) is 18.7. The first-order valence-electron chi connectivity index (χ1n) is 10.2. The molecule has 0 bridgehead atoms. The molecule has 1 aliphatic carbocycles. The number of carbonyl (C=O) groups excluding carboxylic acids is 1. The summed E-state index contributed by atoms with van der Waals surface area (Å²) >= 11 is 0. The van der Waals surface area contributed by atoms with Gasteiger partial charge >= 0.3 is 0 Å². The van der Waals surface area contributed by atoms with E-state index in [-0.39, 0.29) is 17.3 Å². The normalized spacial score (nSPS) is 26.2. The average Bonchev–Trinajstić information content (AvgIpc) is 2.69. The fraction of sp³-hybridized carbons (Fsp3) is 0.591. The number of anilines is 1. The molecule has 1 spiro atoms. The molecule has 1 aromatic rings. The molecule has 0 N–H and O–H groups in total. The molecule has 1 unspecified atom stereocenters. The second-order valence-electron chi connectivity index (χ2n) is 8.14. The molecule has 1 amide bonds. The van der Waals surface area contributed by atoms with Crippen LogP contribution in [0.3, 0.4) is 0 Å². The molecule has 2 aliphatic heterocycles. The minimum atomic E-state index is -0.334. The third-order valence-electron chi connectivity index (χ3n) is 6.08. The van der Waals surface area contributed by atoms with Gasteiger partial charge in [-0.15, -0.1) is 0 Å². The van der Waals surface area contributed by atoms with Crippen molar-refractivity contribution in [1.82, 2.24) is 4.90 Å². The fourth-order valence-corrected chi connectivity index (χ4v) is 4.67. The molecule has 4 rings (SSSR count). The van der Waals surface area contributed by atoms with Crippen LogP contribution in [0.25, 0.3) is 0 Å². The number of halogens is 1. The maximum atomic E-state index is 13.6. The lowest BCUT2D eigenvalue weighted by Crippen LogP contribution is -2.60. The van der Waals surface area contributed by atoms with Crippen LogP contribution in [0.1, 0.15) is 44.9 Å². The Morgan fingerprint density at radius 3 is 2.93 bits per heavy atom. The lowest BCUT2D eigenvalue weighted by Gasteiger charge is -2.48. The van der Waals surface area contributed by atoms with Gasteiger partial charge in [-0.1, -0.05) is 17.7 Å². The van der Waals surface area contributed by atoms with Gasteiger partial charge < -0.3 is 14.5 Å². The molecule has 2 fully saturated rings. The van der Waals surface area contributed by atoms with E-state index in [4.69, 9.17) is 4.74 Å². The van der Waals surface area contributed by atoms with Crippen LogP contribution < -0.4 is 4.90 Å². The number of hydrogen-bond acceptors (Lipinski definition) is 3. The zero-order valence-electron chi connectivity index (χ0n) is 16.0. The van der Waals surface area contributed by atoms with Crippen LogP contribution in [0.15, 0.2) is 35.9 Å². The van der Waals surface area contributed by atoms with Crippen molar-refractivity contribution in [2.75, 3.05) is 37.7 Å². The highest BCUT2D eigenvalue weighted by molar-refractivity contribution is 5.79. The lowest BCUT2D eigenvalue weighted by atomic mass is 9.89. The highest BCUT2D eigenvalue weighted by atomic mass is 19.1. The number of ether oxygens (including phenoxy) is 1. The number of nitrogens with zero attached hydrogens (tertiary/aromatic N) is 2.